The molecule has 0 aliphatic rings. The minimum absolute atomic E-state index is 0.350. The summed E-state index contributed by atoms with van der Waals surface area (Å²) >= 11 is 0. The van der Waals surface area contributed by atoms with Crippen LogP contribution in [0.2, 0.25) is 0 Å². The van der Waals surface area contributed by atoms with Gasteiger partial charge in [-0.05, 0) is 23.5 Å². The molecule has 0 amide bonds. The molecule has 0 bridgehead atoms. The van der Waals surface area contributed by atoms with Crippen LogP contribution < -0.4 is 5.32 Å². The summed E-state index contributed by atoms with van der Waals surface area (Å²) in [5, 5.41) is 8.17. The van der Waals surface area contributed by atoms with Crippen LogP contribution in [0.5, 0.6) is 0 Å². The van der Waals surface area contributed by atoms with E-state index in [-0.39, 0.29) is 0 Å². The number of benzene rings is 2. The van der Waals surface area contributed by atoms with Crippen LogP contribution in [0.25, 0.3) is 16.8 Å². The molecule has 4 rings (SSSR count). The molecule has 2 heterocycles. The van der Waals surface area contributed by atoms with Gasteiger partial charge in [0.25, 0.3) is 0 Å². The average molecular weight is 356 g/mol. The summed E-state index contributed by atoms with van der Waals surface area (Å²) < 4.78 is 1.92. The van der Waals surface area contributed by atoms with Crippen LogP contribution in [0.1, 0.15) is 31.0 Å². The van der Waals surface area contributed by atoms with Crippen molar-refractivity contribution in [2.75, 3.05) is 11.9 Å². The fourth-order valence-electron chi connectivity index (χ4n) is 3.20. The normalized spacial score (nSPS) is 11.2. The number of hydrogen-bond donors (Lipinski definition) is 1. The van der Waals surface area contributed by atoms with Gasteiger partial charge < -0.3 is 5.32 Å². The quantitative estimate of drug-likeness (QED) is 0.518. The van der Waals surface area contributed by atoms with Crippen molar-refractivity contribution in [3.63, 3.8) is 0 Å². The molecule has 136 valence electrons. The van der Waals surface area contributed by atoms with E-state index in [0.717, 1.165) is 41.3 Å². The summed E-state index contributed by atoms with van der Waals surface area (Å²) in [4.78, 5) is 4.90. The third-order valence-corrected chi connectivity index (χ3v) is 4.73. The highest BCUT2D eigenvalue weighted by molar-refractivity contribution is 5.78. The lowest BCUT2D eigenvalue weighted by Crippen LogP contribution is -2.11. The Bertz CT molecular complexity index is 1020. The Labute approximate surface area is 159 Å². The van der Waals surface area contributed by atoms with E-state index in [1.165, 1.54) is 5.56 Å². The molecule has 2 aromatic heterocycles. The largest absolute Gasteiger partial charge is 0.370 e. The second-order valence-corrected chi connectivity index (χ2v) is 7.04. The number of nitrogens with zero attached hydrogens (tertiary/aromatic N) is 3. The summed E-state index contributed by atoms with van der Waals surface area (Å²) in [6, 6.07) is 23.0. The fraction of sp³-hybridized carbons (Fsp3) is 0.217. The van der Waals surface area contributed by atoms with Crippen LogP contribution >= 0.6 is 0 Å². The van der Waals surface area contributed by atoms with Gasteiger partial charge in [-0.2, -0.15) is 9.61 Å². The zero-order valence-corrected chi connectivity index (χ0v) is 15.8. The SMILES string of the molecule is CC(C)c1cc(NCCc2ccccc2)n2ncc(-c3ccccc3)c2n1. The molecule has 2 aromatic carbocycles. The number of anilines is 1. The summed E-state index contributed by atoms with van der Waals surface area (Å²) in [5.74, 6) is 1.34. The van der Waals surface area contributed by atoms with Gasteiger partial charge in [-0.3, -0.25) is 0 Å². The molecule has 0 aliphatic carbocycles. The lowest BCUT2D eigenvalue weighted by molar-refractivity contribution is 0.807. The molecule has 27 heavy (non-hydrogen) atoms. The molecule has 0 fully saturated rings. The van der Waals surface area contributed by atoms with E-state index in [4.69, 9.17) is 4.98 Å². The maximum absolute atomic E-state index is 4.90. The molecule has 4 aromatic rings. The Morgan fingerprint density at radius 3 is 2.37 bits per heavy atom. The highest BCUT2D eigenvalue weighted by Gasteiger charge is 2.14. The molecule has 0 saturated carbocycles. The summed E-state index contributed by atoms with van der Waals surface area (Å²) in [5.41, 5.74) is 5.49. The van der Waals surface area contributed by atoms with Gasteiger partial charge in [-0.25, -0.2) is 4.98 Å². The van der Waals surface area contributed by atoms with Gasteiger partial charge in [-0.15, -0.1) is 0 Å². The Balaban J connectivity index is 1.68. The molecular weight excluding hydrogens is 332 g/mol. The maximum atomic E-state index is 4.90. The number of nitrogens with one attached hydrogen (secondary N) is 1. The molecule has 0 aliphatic heterocycles. The number of rotatable bonds is 6. The molecule has 0 unspecified atom stereocenters. The van der Waals surface area contributed by atoms with Crippen molar-refractivity contribution in [3.05, 3.63) is 84.2 Å². The van der Waals surface area contributed by atoms with Gasteiger partial charge in [0.05, 0.1) is 6.20 Å². The third-order valence-electron chi connectivity index (χ3n) is 4.73. The lowest BCUT2D eigenvalue weighted by atomic mass is 10.1. The van der Waals surface area contributed by atoms with Gasteiger partial charge in [0.2, 0.25) is 0 Å². The second-order valence-electron chi connectivity index (χ2n) is 7.04. The maximum Gasteiger partial charge on any atom is 0.165 e. The van der Waals surface area contributed by atoms with E-state index in [0.29, 0.717) is 5.92 Å². The number of aromatic nitrogens is 3. The first kappa shape index (κ1) is 17.3. The van der Waals surface area contributed by atoms with E-state index in [2.05, 4.69) is 66.7 Å². The van der Waals surface area contributed by atoms with Crippen LogP contribution in [-0.2, 0) is 6.42 Å². The van der Waals surface area contributed by atoms with Crippen molar-refractivity contribution in [3.8, 4) is 11.1 Å². The van der Waals surface area contributed by atoms with Gasteiger partial charge in [0.1, 0.15) is 5.82 Å². The monoisotopic (exact) mass is 356 g/mol. The van der Waals surface area contributed by atoms with Crippen LogP contribution in [0.15, 0.2) is 72.9 Å². The first-order valence-corrected chi connectivity index (χ1v) is 9.44. The van der Waals surface area contributed by atoms with Crippen molar-refractivity contribution in [1.29, 1.82) is 0 Å². The van der Waals surface area contributed by atoms with Gasteiger partial charge in [0, 0.05) is 23.9 Å². The molecule has 0 atom stereocenters. The minimum atomic E-state index is 0.350. The molecular formula is C23H24N4. The highest BCUT2D eigenvalue weighted by Crippen LogP contribution is 2.27. The summed E-state index contributed by atoms with van der Waals surface area (Å²) in [6.07, 6.45) is 2.87. The fourth-order valence-corrected chi connectivity index (χ4v) is 3.20. The van der Waals surface area contributed by atoms with Crippen LogP contribution in [0, 0.1) is 0 Å². The Kier molecular flexibility index (Phi) is 4.88. The van der Waals surface area contributed by atoms with Crippen molar-refractivity contribution in [2.45, 2.75) is 26.2 Å². The Morgan fingerprint density at radius 2 is 1.67 bits per heavy atom. The predicted molar refractivity (Wildman–Crippen MR) is 111 cm³/mol. The molecule has 0 spiro atoms. The molecule has 0 radical (unpaired) electrons. The molecule has 4 heteroatoms. The van der Waals surface area contributed by atoms with E-state index in [9.17, 15) is 0 Å². The first-order valence-electron chi connectivity index (χ1n) is 9.44. The third kappa shape index (κ3) is 3.70. The van der Waals surface area contributed by atoms with E-state index >= 15 is 0 Å². The Morgan fingerprint density at radius 1 is 0.963 bits per heavy atom. The van der Waals surface area contributed by atoms with Crippen LogP contribution in [0.4, 0.5) is 5.82 Å². The molecule has 4 nitrogen and oxygen atoms in total. The topological polar surface area (TPSA) is 42.2 Å². The van der Waals surface area contributed by atoms with Gasteiger partial charge in [-0.1, -0.05) is 74.5 Å². The zero-order chi connectivity index (χ0) is 18.6. The van der Waals surface area contributed by atoms with Gasteiger partial charge >= 0.3 is 0 Å². The standard InChI is InChI=1S/C23H24N4/c1-17(2)21-15-22(24-14-13-18-9-5-3-6-10-18)27-23(26-21)20(16-25-27)19-11-7-4-8-12-19/h3-12,15-17,24H,13-14H2,1-2H3. The van der Waals surface area contributed by atoms with Crippen molar-refractivity contribution in [2.24, 2.45) is 0 Å². The van der Waals surface area contributed by atoms with E-state index in [1.807, 2.05) is 35.0 Å². The number of fused-ring (bicyclic) bond motifs is 1. The van der Waals surface area contributed by atoms with Gasteiger partial charge in [0.15, 0.2) is 5.65 Å². The summed E-state index contributed by atoms with van der Waals surface area (Å²) in [6.45, 7) is 5.19. The van der Waals surface area contributed by atoms with Crippen molar-refractivity contribution in [1.82, 2.24) is 14.6 Å². The zero-order valence-electron chi connectivity index (χ0n) is 15.8. The Hall–Kier alpha value is -3.14. The predicted octanol–water partition coefficient (Wildman–Crippen LogP) is 5.17. The number of hydrogen-bond acceptors (Lipinski definition) is 3. The minimum Gasteiger partial charge on any atom is -0.370 e. The van der Waals surface area contributed by atoms with E-state index < -0.39 is 0 Å². The lowest BCUT2D eigenvalue weighted by Gasteiger charge is -2.13. The second kappa shape index (κ2) is 7.62. The van der Waals surface area contributed by atoms with E-state index in [1.54, 1.807) is 0 Å². The van der Waals surface area contributed by atoms with Crippen molar-refractivity contribution >= 4 is 11.5 Å². The highest BCUT2D eigenvalue weighted by atomic mass is 15.3. The van der Waals surface area contributed by atoms with Crippen LogP contribution in [-0.4, -0.2) is 21.1 Å². The smallest absolute Gasteiger partial charge is 0.165 e. The van der Waals surface area contributed by atoms with Crippen LogP contribution in [0.3, 0.4) is 0 Å². The average Bonchev–Trinajstić information content (AvgIpc) is 3.13. The summed E-state index contributed by atoms with van der Waals surface area (Å²) in [7, 11) is 0. The first-order chi connectivity index (χ1) is 13.2. The molecule has 0 saturated heterocycles. The van der Waals surface area contributed by atoms with Crippen molar-refractivity contribution < 1.29 is 0 Å². The molecule has 1 N–H and O–H groups in total.